The van der Waals surface area contributed by atoms with Gasteiger partial charge >= 0.3 is 13.8 Å². The number of carbonyl (C=O) groups is 1. The zero-order valence-electron chi connectivity index (χ0n) is 33.6. The first-order chi connectivity index (χ1) is 28.0. The summed E-state index contributed by atoms with van der Waals surface area (Å²) in [5, 5.41) is 34.5. The van der Waals surface area contributed by atoms with E-state index in [4.69, 9.17) is 29.0 Å². The average Bonchev–Trinajstić information content (AvgIpc) is 3.79. The van der Waals surface area contributed by atoms with Crippen molar-refractivity contribution in [1.82, 2.24) is 14.6 Å². The van der Waals surface area contributed by atoms with Crippen LogP contribution in [0.25, 0.3) is 5.52 Å². The van der Waals surface area contributed by atoms with Crippen molar-refractivity contribution in [2.45, 2.75) is 147 Å². The van der Waals surface area contributed by atoms with E-state index in [0.717, 1.165) is 31.4 Å². The molecule has 0 saturated carbocycles. The van der Waals surface area contributed by atoms with Crippen LogP contribution in [0.3, 0.4) is 0 Å². The van der Waals surface area contributed by atoms with Crippen molar-refractivity contribution >= 4 is 25.1 Å². The lowest BCUT2D eigenvalue weighted by molar-refractivity contribution is -0.0674. The fourth-order valence-corrected chi connectivity index (χ4v) is 7.89. The molecule has 0 spiro atoms. The number of phosphoric ester groups is 1. The number of rotatable bonds is 30. The minimum absolute atomic E-state index is 0.0260. The van der Waals surface area contributed by atoms with Gasteiger partial charge in [-0.2, -0.15) is 10.4 Å². The number of carboxylic acids is 1. The number of hydrogen-bond acceptors (Lipinski definition) is 12. The van der Waals surface area contributed by atoms with Crippen molar-refractivity contribution in [3.05, 3.63) is 59.3 Å². The number of fused-ring (bicyclic) bond motifs is 1. The minimum atomic E-state index is -4.74. The Morgan fingerprint density at radius 3 is 2.28 bits per heavy atom. The van der Waals surface area contributed by atoms with Gasteiger partial charge in [0.1, 0.15) is 35.9 Å². The van der Waals surface area contributed by atoms with Crippen LogP contribution in [0.15, 0.2) is 36.7 Å². The number of ether oxygens (including phenoxy) is 3. The number of unbranched alkanes of at least 4 members (excludes halogenated alkanes) is 15. The number of aromatic carboxylic acids is 1. The largest absolute Gasteiger partial charge is 0.478 e. The summed E-state index contributed by atoms with van der Waals surface area (Å²) in [5.41, 5.74) is 4.64. The summed E-state index contributed by atoms with van der Waals surface area (Å²) < 4.78 is 56.5. The van der Waals surface area contributed by atoms with E-state index < -0.39 is 56.7 Å². The van der Waals surface area contributed by atoms with Gasteiger partial charge in [0.25, 0.3) is 0 Å². The zero-order chi connectivity index (χ0) is 41.8. The molecule has 1 saturated heterocycles. The molecule has 1 unspecified atom stereocenters. The first-order valence-electron chi connectivity index (χ1n) is 20.7. The van der Waals surface area contributed by atoms with Crippen LogP contribution in [-0.4, -0.2) is 80.4 Å². The Kier molecular flexibility index (Phi) is 20.0. The third-order valence-corrected chi connectivity index (χ3v) is 11.3. The highest BCUT2D eigenvalue weighted by Crippen LogP contribution is 2.46. The molecule has 0 aliphatic carbocycles. The Hall–Kier alpha value is -3.52. The van der Waals surface area contributed by atoms with Crippen molar-refractivity contribution in [2.75, 3.05) is 32.2 Å². The van der Waals surface area contributed by atoms with Gasteiger partial charge in [-0.05, 0) is 42.3 Å². The summed E-state index contributed by atoms with van der Waals surface area (Å²) in [6, 6.07) is 8.43. The lowest BCUT2D eigenvalue weighted by Gasteiger charge is -2.24. The monoisotopic (exact) mass is 833 g/mol. The first-order valence-corrected chi connectivity index (χ1v) is 22.2. The van der Waals surface area contributed by atoms with Crippen LogP contribution in [0.1, 0.15) is 138 Å². The number of anilines is 1. The second-order valence-corrected chi connectivity index (χ2v) is 16.5. The number of aliphatic hydroxyl groups excluding tert-OH is 1. The van der Waals surface area contributed by atoms with Crippen molar-refractivity contribution in [3.63, 3.8) is 0 Å². The van der Waals surface area contributed by atoms with E-state index in [1.165, 1.54) is 106 Å². The Morgan fingerprint density at radius 2 is 1.66 bits per heavy atom. The third-order valence-electron chi connectivity index (χ3n) is 10.3. The smallest absolute Gasteiger partial charge is 0.472 e. The lowest BCUT2D eigenvalue weighted by atomic mass is 9.94. The molecule has 3 aromatic rings. The number of aliphatic hydroxyl groups is 1. The maximum Gasteiger partial charge on any atom is 0.472 e. The van der Waals surface area contributed by atoms with Crippen LogP contribution in [0.5, 0.6) is 0 Å². The molecule has 1 aromatic carbocycles. The number of hydrogen-bond donors (Lipinski definition) is 4. The third kappa shape index (κ3) is 14.9. The number of nitrogen functional groups attached to an aromatic ring is 1. The van der Waals surface area contributed by atoms with E-state index in [-0.39, 0.29) is 42.3 Å². The summed E-state index contributed by atoms with van der Waals surface area (Å²) in [7, 11) is -4.74. The molecule has 5 atom stereocenters. The SMILES string of the molecule is CCCCCCCCCCCCCCCCCCOC[C@H](COP(=O)(O)OC[C@@H]1C[C@@H](O)[C@](C#N)(c2ccc3c(N)ncnn23)O1)OCc1cc(F)cc(C(=O)O)c1. The summed E-state index contributed by atoms with van der Waals surface area (Å²) in [6.07, 6.45) is 17.9. The highest BCUT2D eigenvalue weighted by atomic mass is 31.2. The predicted octanol–water partition coefficient (Wildman–Crippen LogP) is 8.01. The second kappa shape index (κ2) is 24.5. The van der Waals surface area contributed by atoms with Gasteiger partial charge in [0, 0.05) is 13.0 Å². The summed E-state index contributed by atoms with van der Waals surface area (Å²) in [6.45, 7) is 1.46. The molecule has 17 heteroatoms. The van der Waals surface area contributed by atoms with Crippen LogP contribution < -0.4 is 5.73 Å². The molecule has 322 valence electrons. The predicted molar refractivity (Wildman–Crippen MR) is 214 cm³/mol. The number of nitrogens with two attached hydrogens (primary N) is 1. The topological polar surface area (TPSA) is 221 Å². The molecular formula is C41H61FN5O10P. The Labute approximate surface area is 340 Å². The number of aromatic nitrogens is 3. The van der Waals surface area contributed by atoms with E-state index in [1.54, 1.807) is 6.07 Å². The van der Waals surface area contributed by atoms with Crippen LogP contribution in [0.4, 0.5) is 10.2 Å². The molecule has 1 aliphatic heterocycles. The van der Waals surface area contributed by atoms with Crippen LogP contribution in [0.2, 0.25) is 0 Å². The van der Waals surface area contributed by atoms with Gasteiger partial charge < -0.3 is 35.1 Å². The number of phosphoric acid groups is 1. The van der Waals surface area contributed by atoms with E-state index in [0.29, 0.717) is 12.1 Å². The molecule has 58 heavy (non-hydrogen) atoms. The van der Waals surface area contributed by atoms with Crippen molar-refractivity contribution < 1.29 is 52.1 Å². The molecule has 0 radical (unpaired) electrons. The number of benzene rings is 1. The van der Waals surface area contributed by atoms with Crippen molar-refractivity contribution in [1.29, 1.82) is 5.26 Å². The maximum absolute atomic E-state index is 14.1. The Balaban J connectivity index is 1.19. The van der Waals surface area contributed by atoms with Crippen LogP contribution in [-0.2, 0) is 40.0 Å². The van der Waals surface area contributed by atoms with Gasteiger partial charge in [-0.3, -0.25) is 9.05 Å². The molecule has 0 amide bonds. The average molecular weight is 834 g/mol. The zero-order valence-corrected chi connectivity index (χ0v) is 34.5. The van der Waals surface area contributed by atoms with E-state index in [9.17, 15) is 34.1 Å². The van der Waals surface area contributed by atoms with Gasteiger partial charge in [-0.1, -0.05) is 103 Å². The van der Waals surface area contributed by atoms with E-state index in [2.05, 4.69) is 17.0 Å². The van der Waals surface area contributed by atoms with Gasteiger partial charge in [0.05, 0.1) is 43.8 Å². The molecule has 2 aromatic heterocycles. The fraction of sp³-hybridized carbons (Fsp3) is 0.659. The van der Waals surface area contributed by atoms with E-state index in [1.807, 2.05) is 6.07 Å². The standard InChI is InChI=1S/C41H61FN5O10P/c1-2-3-4-5-6-7-8-9-10-11-12-13-14-15-16-17-20-53-26-35(54-25-31-21-32(40(49)50)23-33(42)22-31)28-56-58(51,52)55-27-34-24-38(48)41(29-43,57-34)37-19-18-36-39(44)45-30-46-47(36)37/h18-19,21-23,30,34-35,38,48H,2-17,20,24-28H2,1H3,(H,49,50)(H,51,52)(H2,44,45,46)/t34-,35+,38+,41-/m0/s1. The minimum Gasteiger partial charge on any atom is -0.478 e. The number of nitrogens with zero attached hydrogens (tertiary/aromatic N) is 4. The molecule has 3 heterocycles. The number of halogens is 1. The summed E-state index contributed by atoms with van der Waals surface area (Å²) in [5.74, 6) is -1.89. The molecule has 5 N–H and O–H groups in total. The highest BCUT2D eigenvalue weighted by Gasteiger charge is 2.52. The molecule has 1 fully saturated rings. The van der Waals surface area contributed by atoms with Crippen LogP contribution in [0, 0.1) is 17.1 Å². The van der Waals surface area contributed by atoms with Gasteiger partial charge in [-0.15, -0.1) is 0 Å². The summed E-state index contributed by atoms with van der Waals surface area (Å²) in [4.78, 5) is 25.9. The molecule has 4 rings (SSSR count). The normalized spacial score (nSPS) is 19.6. The first kappa shape index (κ1) is 47.2. The Bertz CT molecular complexity index is 1790. The molecule has 1 aliphatic rings. The van der Waals surface area contributed by atoms with Gasteiger partial charge in [0.15, 0.2) is 5.82 Å². The quantitative estimate of drug-likeness (QED) is 0.0369. The molecular weight excluding hydrogens is 772 g/mol. The van der Waals surface area contributed by atoms with Gasteiger partial charge in [-0.25, -0.2) is 23.2 Å². The lowest BCUT2D eigenvalue weighted by Crippen LogP contribution is -2.36. The van der Waals surface area contributed by atoms with Crippen LogP contribution >= 0.6 is 7.82 Å². The molecule has 15 nitrogen and oxygen atoms in total. The second-order valence-electron chi connectivity index (χ2n) is 15.0. The Morgan fingerprint density at radius 1 is 1.02 bits per heavy atom. The van der Waals surface area contributed by atoms with Crippen molar-refractivity contribution in [3.8, 4) is 6.07 Å². The summed E-state index contributed by atoms with van der Waals surface area (Å²) >= 11 is 0. The maximum atomic E-state index is 14.1. The fourth-order valence-electron chi connectivity index (χ4n) is 7.10. The molecule has 0 bridgehead atoms. The van der Waals surface area contributed by atoms with Crippen molar-refractivity contribution in [2.24, 2.45) is 0 Å². The van der Waals surface area contributed by atoms with E-state index >= 15 is 0 Å². The number of nitriles is 1. The van der Waals surface area contributed by atoms with Gasteiger partial charge in [0.2, 0.25) is 5.60 Å². The number of carboxylic acid groups (broad SMARTS) is 1. The highest BCUT2D eigenvalue weighted by molar-refractivity contribution is 7.47.